The zero-order valence-electron chi connectivity index (χ0n) is 13.2. The number of hydrogen-bond donors (Lipinski definition) is 1. The van der Waals surface area contributed by atoms with Gasteiger partial charge >= 0.3 is 0 Å². The van der Waals surface area contributed by atoms with Crippen LogP contribution in [0, 0.1) is 6.92 Å². The number of aromatic amines is 1. The average molecular weight is 327 g/mol. The van der Waals surface area contributed by atoms with Crippen LogP contribution in [0.1, 0.15) is 16.2 Å². The zero-order chi connectivity index (χ0) is 16.5. The van der Waals surface area contributed by atoms with E-state index in [-0.39, 0.29) is 11.6 Å². The molecule has 3 aromatic heterocycles. The molecule has 1 amide bonds. The SMILES string of the molecule is Cc1cc(-n2cccc2N2CCN(C(=O)c3cnon3)CC2)n[nH]1. The van der Waals surface area contributed by atoms with Gasteiger partial charge in [-0.05, 0) is 24.2 Å². The Bertz CT molecular complexity index is 828. The molecule has 1 N–H and O–H groups in total. The van der Waals surface area contributed by atoms with Gasteiger partial charge in [-0.25, -0.2) is 4.63 Å². The van der Waals surface area contributed by atoms with Crippen LogP contribution in [-0.2, 0) is 0 Å². The molecule has 0 bridgehead atoms. The molecule has 4 heterocycles. The molecule has 1 aliphatic rings. The first kappa shape index (κ1) is 14.5. The minimum absolute atomic E-state index is 0.144. The minimum atomic E-state index is -0.144. The second-order valence-corrected chi connectivity index (χ2v) is 5.72. The van der Waals surface area contributed by atoms with Crippen LogP contribution in [0.5, 0.6) is 0 Å². The van der Waals surface area contributed by atoms with Crippen LogP contribution in [0.2, 0.25) is 0 Å². The first-order valence-corrected chi connectivity index (χ1v) is 7.74. The van der Waals surface area contributed by atoms with Gasteiger partial charge in [0.05, 0.1) is 0 Å². The molecule has 1 aliphatic heterocycles. The molecular formula is C15H17N7O2. The second-order valence-electron chi connectivity index (χ2n) is 5.72. The molecule has 0 unspecified atom stereocenters. The van der Waals surface area contributed by atoms with Crippen molar-refractivity contribution in [2.75, 3.05) is 31.1 Å². The predicted octanol–water partition coefficient (Wildman–Crippen LogP) is 0.854. The molecule has 3 aromatic rings. The lowest BCUT2D eigenvalue weighted by Gasteiger charge is -2.35. The summed E-state index contributed by atoms with van der Waals surface area (Å²) in [5.41, 5.74) is 1.26. The Balaban J connectivity index is 1.47. The molecule has 0 aromatic carbocycles. The number of H-pyrrole nitrogens is 1. The topological polar surface area (TPSA) is 96.1 Å². The molecule has 1 saturated heterocycles. The summed E-state index contributed by atoms with van der Waals surface area (Å²) in [6.07, 6.45) is 3.34. The maximum absolute atomic E-state index is 12.3. The number of nitrogens with zero attached hydrogens (tertiary/aromatic N) is 6. The van der Waals surface area contributed by atoms with Gasteiger partial charge in [-0.1, -0.05) is 5.16 Å². The normalized spacial score (nSPS) is 15.0. The average Bonchev–Trinajstić information content (AvgIpc) is 3.35. The number of carbonyl (C=O) groups excluding carboxylic acids is 1. The van der Waals surface area contributed by atoms with Gasteiger partial charge in [0.2, 0.25) is 0 Å². The highest BCUT2D eigenvalue weighted by atomic mass is 16.6. The summed E-state index contributed by atoms with van der Waals surface area (Å²) in [5.74, 6) is 1.78. The van der Waals surface area contributed by atoms with E-state index in [9.17, 15) is 4.79 Å². The third kappa shape index (κ3) is 2.53. The van der Waals surface area contributed by atoms with Crippen LogP contribution in [0.15, 0.2) is 35.2 Å². The summed E-state index contributed by atoms with van der Waals surface area (Å²) in [6, 6.07) is 6.06. The third-order valence-corrected chi connectivity index (χ3v) is 4.14. The molecule has 1 fully saturated rings. The van der Waals surface area contributed by atoms with Crippen LogP contribution >= 0.6 is 0 Å². The van der Waals surface area contributed by atoms with E-state index in [1.807, 2.05) is 29.8 Å². The van der Waals surface area contributed by atoms with E-state index in [1.165, 1.54) is 6.20 Å². The van der Waals surface area contributed by atoms with Gasteiger partial charge in [-0.2, -0.15) is 5.10 Å². The molecule has 0 aliphatic carbocycles. The van der Waals surface area contributed by atoms with Gasteiger partial charge in [0.1, 0.15) is 12.0 Å². The van der Waals surface area contributed by atoms with E-state index in [2.05, 4.69) is 36.1 Å². The number of aromatic nitrogens is 5. The molecule has 9 nitrogen and oxygen atoms in total. The number of anilines is 1. The molecular weight excluding hydrogens is 310 g/mol. The maximum atomic E-state index is 12.3. The first-order chi connectivity index (χ1) is 11.7. The Hall–Kier alpha value is -3.10. The van der Waals surface area contributed by atoms with Crippen LogP contribution in [-0.4, -0.2) is 62.1 Å². The monoisotopic (exact) mass is 327 g/mol. The van der Waals surface area contributed by atoms with Gasteiger partial charge in [-0.3, -0.25) is 14.5 Å². The summed E-state index contributed by atoms with van der Waals surface area (Å²) < 4.78 is 6.55. The number of carbonyl (C=O) groups is 1. The van der Waals surface area contributed by atoms with E-state index < -0.39 is 0 Å². The Morgan fingerprint density at radius 1 is 1.29 bits per heavy atom. The largest absolute Gasteiger partial charge is 0.354 e. The Labute approximate surface area is 137 Å². The quantitative estimate of drug-likeness (QED) is 0.766. The van der Waals surface area contributed by atoms with Crippen molar-refractivity contribution in [2.24, 2.45) is 0 Å². The Kier molecular flexibility index (Phi) is 3.52. The lowest BCUT2D eigenvalue weighted by Crippen LogP contribution is -2.49. The summed E-state index contributed by atoms with van der Waals surface area (Å²) >= 11 is 0. The molecule has 124 valence electrons. The van der Waals surface area contributed by atoms with Crippen molar-refractivity contribution in [1.82, 2.24) is 30.0 Å². The third-order valence-electron chi connectivity index (χ3n) is 4.14. The van der Waals surface area contributed by atoms with Gasteiger partial charge in [0.25, 0.3) is 5.91 Å². The molecule has 0 saturated carbocycles. The second kappa shape index (κ2) is 5.84. The molecule has 0 atom stereocenters. The number of amides is 1. The van der Waals surface area contributed by atoms with Crippen molar-refractivity contribution in [1.29, 1.82) is 0 Å². The van der Waals surface area contributed by atoms with Crippen molar-refractivity contribution >= 4 is 11.7 Å². The minimum Gasteiger partial charge on any atom is -0.354 e. The smallest absolute Gasteiger partial charge is 0.277 e. The van der Waals surface area contributed by atoms with Crippen molar-refractivity contribution in [3.63, 3.8) is 0 Å². The molecule has 0 radical (unpaired) electrons. The van der Waals surface area contributed by atoms with Crippen LogP contribution in [0.25, 0.3) is 5.82 Å². The molecule has 9 heteroatoms. The van der Waals surface area contributed by atoms with Crippen LogP contribution < -0.4 is 4.90 Å². The summed E-state index contributed by atoms with van der Waals surface area (Å²) in [4.78, 5) is 16.3. The highest BCUT2D eigenvalue weighted by Crippen LogP contribution is 2.22. The van der Waals surface area contributed by atoms with E-state index in [0.717, 1.165) is 30.4 Å². The zero-order valence-corrected chi connectivity index (χ0v) is 13.2. The van der Waals surface area contributed by atoms with Crippen molar-refractivity contribution in [2.45, 2.75) is 6.92 Å². The number of aryl methyl sites for hydroxylation is 1. The van der Waals surface area contributed by atoms with Gasteiger partial charge < -0.3 is 9.80 Å². The molecule has 4 rings (SSSR count). The van der Waals surface area contributed by atoms with Crippen LogP contribution in [0.4, 0.5) is 5.82 Å². The lowest BCUT2D eigenvalue weighted by molar-refractivity contribution is 0.0735. The fourth-order valence-corrected chi connectivity index (χ4v) is 2.91. The number of nitrogens with one attached hydrogen (secondary N) is 1. The van der Waals surface area contributed by atoms with E-state index in [0.29, 0.717) is 13.1 Å². The molecule has 0 spiro atoms. The predicted molar refractivity (Wildman–Crippen MR) is 85.1 cm³/mol. The highest BCUT2D eigenvalue weighted by Gasteiger charge is 2.25. The Morgan fingerprint density at radius 2 is 2.12 bits per heavy atom. The van der Waals surface area contributed by atoms with Gasteiger partial charge in [0.15, 0.2) is 11.5 Å². The number of piperazine rings is 1. The van der Waals surface area contributed by atoms with E-state index in [1.54, 1.807) is 4.90 Å². The van der Waals surface area contributed by atoms with Crippen LogP contribution in [0.3, 0.4) is 0 Å². The summed E-state index contributed by atoms with van der Waals surface area (Å²) in [5, 5.41) is 14.4. The summed E-state index contributed by atoms with van der Waals surface area (Å²) in [6.45, 7) is 4.70. The number of hydrogen-bond acceptors (Lipinski definition) is 6. The van der Waals surface area contributed by atoms with Crippen molar-refractivity contribution in [3.8, 4) is 5.82 Å². The number of rotatable bonds is 3. The highest BCUT2D eigenvalue weighted by molar-refractivity contribution is 5.91. The van der Waals surface area contributed by atoms with Crippen molar-refractivity contribution in [3.05, 3.63) is 42.0 Å². The fourth-order valence-electron chi connectivity index (χ4n) is 2.91. The molecule has 24 heavy (non-hydrogen) atoms. The fraction of sp³-hybridized carbons (Fsp3) is 0.333. The van der Waals surface area contributed by atoms with Crippen molar-refractivity contribution < 1.29 is 9.42 Å². The van der Waals surface area contributed by atoms with Gasteiger partial charge in [0, 0.05) is 44.1 Å². The summed E-state index contributed by atoms with van der Waals surface area (Å²) in [7, 11) is 0. The van der Waals surface area contributed by atoms with E-state index in [4.69, 9.17) is 0 Å². The van der Waals surface area contributed by atoms with Gasteiger partial charge in [-0.15, -0.1) is 0 Å². The first-order valence-electron chi connectivity index (χ1n) is 7.74. The van der Waals surface area contributed by atoms with E-state index >= 15 is 0 Å². The standard InChI is InChI=1S/C15H17N7O2/c1-11-9-13(18-17-11)22-4-2-3-14(22)20-5-7-21(8-6-20)15(23)12-10-16-24-19-12/h2-4,9-10H,5-8H2,1H3,(H,17,18). The Morgan fingerprint density at radius 3 is 2.79 bits per heavy atom. The lowest BCUT2D eigenvalue weighted by atomic mass is 10.3. The maximum Gasteiger partial charge on any atom is 0.277 e.